The molecule has 2 rings (SSSR count). The number of nitrogens with zero attached hydrogens (tertiary/aromatic N) is 1. The van der Waals surface area contributed by atoms with E-state index in [1.54, 1.807) is 18.2 Å². The first kappa shape index (κ1) is 14.4. The third kappa shape index (κ3) is 3.32. The molecular weight excluding hydrogens is 292 g/mol. The van der Waals surface area contributed by atoms with Crippen LogP contribution in [-0.2, 0) is 10.0 Å². The fourth-order valence-corrected chi connectivity index (χ4v) is 3.12. The molecule has 0 aromatic heterocycles. The molecule has 0 unspecified atom stereocenters. The summed E-state index contributed by atoms with van der Waals surface area (Å²) in [5.74, 6) is 0. The van der Waals surface area contributed by atoms with Crippen LogP contribution in [0.25, 0.3) is 0 Å². The van der Waals surface area contributed by atoms with Gasteiger partial charge in [0.1, 0.15) is 0 Å². The first-order valence-electron chi connectivity index (χ1n) is 5.72. The molecule has 4 nitrogen and oxygen atoms in total. The van der Waals surface area contributed by atoms with Gasteiger partial charge >= 0.3 is 0 Å². The van der Waals surface area contributed by atoms with Crippen molar-refractivity contribution in [3.05, 3.63) is 54.1 Å². The monoisotopic (exact) mass is 304 g/mol. The molecule has 0 spiro atoms. The number of nitriles is 1. The lowest BCUT2D eigenvalue weighted by molar-refractivity contribution is 0.601. The highest BCUT2D eigenvalue weighted by Crippen LogP contribution is 2.21. The second kappa shape index (κ2) is 5.99. The van der Waals surface area contributed by atoms with Crippen LogP contribution in [0.3, 0.4) is 0 Å². The van der Waals surface area contributed by atoms with E-state index in [4.69, 9.17) is 5.26 Å². The van der Waals surface area contributed by atoms with E-state index in [1.165, 1.54) is 36.0 Å². The molecular formula is C14H12N2O2S2. The number of thioether (sulfide) groups is 1. The van der Waals surface area contributed by atoms with Crippen LogP contribution < -0.4 is 4.72 Å². The van der Waals surface area contributed by atoms with Gasteiger partial charge in [0.25, 0.3) is 10.0 Å². The third-order valence-electron chi connectivity index (χ3n) is 2.62. The first-order valence-corrected chi connectivity index (χ1v) is 8.43. The summed E-state index contributed by atoms with van der Waals surface area (Å²) >= 11 is 1.54. The van der Waals surface area contributed by atoms with Crippen LogP contribution >= 0.6 is 11.8 Å². The zero-order chi connectivity index (χ0) is 14.6. The lowest BCUT2D eigenvalue weighted by atomic mass is 10.2. The highest BCUT2D eigenvalue weighted by Gasteiger charge is 2.14. The van der Waals surface area contributed by atoms with Crippen molar-refractivity contribution in [2.45, 2.75) is 9.79 Å². The number of rotatable bonds is 4. The quantitative estimate of drug-likeness (QED) is 0.881. The molecule has 0 saturated carbocycles. The van der Waals surface area contributed by atoms with Gasteiger partial charge in [-0.15, -0.1) is 11.8 Å². The Bertz CT molecular complexity index is 747. The molecule has 2 aromatic rings. The van der Waals surface area contributed by atoms with Crippen LogP contribution in [-0.4, -0.2) is 14.7 Å². The van der Waals surface area contributed by atoms with Crippen molar-refractivity contribution in [3.8, 4) is 6.07 Å². The van der Waals surface area contributed by atoms with Gasteiger partial charge in [-0.05, 0) is 48.7 Å². The van der Waals surface area contributed by atoms with E-state index in [0.29, 0.717) is 11.3 Å². The molecule has 102 valence electrons. The average Bonchev–Trinajstić information content (AvgIpc) is 2.47. The summed E-state index contributed by atoms with van der Waals surface area (Å²) in [5, 5.41) is 8.71. The Labute approximate surface area is 122 Å². The Kier molecular flexibility index (Phi) is 4.32. The summed E-state index contributed by atoms with van der Waals surface area (Å²) in [6.07, 6.45) is 1.92. The zero-order valence-corrected chi connectivity index (χ0v) is 12.3. The Morgan fingerprint density at radius 1 is 1.15 bits per heavy atom. The number of hydrogen-bond acceptors (Lipinski definition) is 4. The van der Waals surface area contributed by atoms with E-state index in [9.17, 15) is 8.42 Å². The maximum absolute atomic E-state index is 12.2. The van der Waals surface area contributed by atoms with Gasteiger partial charge in [-0.25, -0.2) is 8.42 Å². The molecule has 0 fully saturated rings. The van der Waals surface area contributed by atoms with Crippen LogP contribution in [0, 0.1) is 11.3 Å². The molecule has 0 aliphatic carbocycles. The van der Waals surface area contributed by atoms with Gasteiger partial charge in [-0.2, -0.15) is 5.26 Å². The number of sulfonamides is 1. The third-order valence-corrected chi connectivity index (χ3v) is 4.74. The van der Waals surface area contributed by atoms with Crippen LogP contribution in [0.15, 0.2) is 58.3 Å². The van der Waals surface area contributed by atoms with Crippen molar-refractivity contribution < 1.29 is 8.42 Å². The normalized spacial score (nSPS) is 10.8. The van der Waals surface area contributed by atoms with Gasteiger partial charge in [-0.3, -0.25) is 4.72 Å². The predicted octanol–water partition coefficient (Wildman–Crippen LogP) is 3.08. The van der Waals surface area contributed by atoms with E-state index in [1.807, 2.05) is 18.4 Å². The van der Waals surface area contributed by atoms with Crippen molar-refractivity contribution in [1.29, 1.82) is 5.26 Å². The molecule has 0 atom stereocenters. The van der Waals surface area contributed by atoms with Crippen molar-refractivity contribution >= 4 is 27.5 Å². The van der Waals surface area contributed by atoms with E-state index < -0.39 is 10.0 Å². The van der Waals surface area contributed by atoms with E-state index >= 15 is 0 Å². The molecule has 1 N–H and O–H groups in total. The van der Waals surface area contributed by atoms with Crippen molar-refractivity contribution in [3.63, 3.8) is 0 Å². The summed E-state index contributed by atoms with van der Waals surface area (Å²) in [6.45, 7) is 0. The molecule has 0 amide bonds. The number of anilines is 1. The maximum Gasteiger partial charge on any atom is 0.261 e. The summed E-state index contributed by atoms with van der Waals surface area (Å²) in [5.41, 5.74) is 0.939. The van der Waals surface area contributed by atoms with Crippen molar-refractivity contribution in [2.24, 2.45) is 0 Å². The summed E-state index contributed by atoms with van der Waals surface area (Å²) in [6, 6.07) is 14.9. The minimum atomic E-state index is -3.63. The van der Waals surface area contributed by atoms with E-state index in [0.717, 1.165) is 4.90 Å². The summed E-state index contributed by atoms with van der Waals surface area (Å²) < 4.78 is 26.9. The minimum Gasteiger partial charge on any atom is -0.280 e. The van der Waals surface area contributed by atoms with E-state index in [-0.39, 0.29) is 4.90 Å². The molecule has 0 heterocycles. The van der Waals surface area contributed by atoms with Gasteiger partial charge in [-0.1, -0.05) is 6.07 Å². The van der Waals surface area contributed by atoms with Crippen molar-refractivity contribution in [1.82, 2.24) is 0 Å². The van der Waals surface area contributed by atoms with Crippen LogP contribution in [0.2, 0.25) is 0 Å². The highest BCUT2D eigenvalue weighted by molar-refractivity contribution is 7.98. The lowest BCUT2D eigenvalue weighted by Crippen LogP contribution is -2.12. The van der Waals surface area contributed by atoms with Gasteiger partial charge in [0, 0.05) is 10.6 Å². The van der Waals surface area contributed by atoms with Crippen LogP contribution in [0.4, 0.5) is 5.69 Å². The molecule has 0 aliphatic heterocycles. The molecule has 2 aromatic carbocycles. The van der Waals surface area contributed by atoms with Crippen LogP contribution in [0.1, 0.15) is 5.56 Å². The Morgan fingerprint density at radius 2 is 1.85 bits per heavy atom. The molecule has 0 radical (unpaired) electrons. The molecule has 0 bridgehead atoms. The largest absolute Gasteiger partial charge is 0.280 e. The van der Waals surface area contributed by atoms with Crippen molar-refractivity contribution in [2.75, 3.05) is 11.0 Å². The van der Waals surface area contributed by atoms with Gasteiger partial charge < -0.3 is 0 Å². The summed E-state index contributed by atoms with van der Waals surface area (Å²) in [4.78, 5) is 1.11. The fraction of sp³-hybridized carbons (Fsp3) is 0.0714. The first-order chi connectivity index (χ1) is 9.55. The predicted molar refractivity (Wildman–Crippen MR) is 80.2 cm³/mol. The topological polar surface area (TPSA) is 70.0 Å². The Hall–Kier alpha value is -1.97. The zero-order valence-electron chi connectivity index (χ0n) is 10.7. The number of nitrogens with one attached hydrogen (secondary N) is 1. The molecule has 0 aliphatic rings. The second-order valence-corrected chi connectivity index (χ2v) is 6.54. The average molecular weight is 304 g/mol. The Balaban J connectivity index is 2.28. The SMILES string of the molecule is CSc1cccc(NS(=O)(=O)c2ccc(C#N)cc2)c1. The highest BCUT2D eigenvalue weighted by atomic mass is 32.2. The number of benzene rings is 2. The lowest BCUT2D eigenvalue weighted by Gasteiger charge is -2.09. The standard InChI is InChI=1S/C14H12N2O2S2/c1-19-13-4-2-3-12(9-13)16-20(17,18)14-7-5-11(10-15)6-8-14/h2-9,16H,1H3. The van der Waals surface area contributed by atoms with E-state index in [2.05, 4.69) is 4.72 Å². The molecule has 20 heavy (non-hydrogen) atoms. The fourth-order valence-electron chi connectivity index (χ4n) is 1.61. The summed E-state index contributed by atoms with van der Waals surface area (Å²) in [7, 11) is -3.63. The van der Waals surface area contributed by atoms with Crippen LogP contribution in [0.5, 0.6) is 0 Å². The van der Waals surface area contributed by atoms with Gasteiger partial charge in [0.15, 0.2) is 0 Å². The maximum atomic E-state index is 12.2. The smallest absolute Gasteiger partial charge is 0.261 e. The Morgan fingerprint density at radius 3 is 2.45 bits per heavy atom. The van der Waals surface area contributed by atoms with Gasteiger partial charge in [0.2, 0.25) is 0 Å². The molecule has 0 saturated heterocycles. The minimum absolute atomic E-state index is 0.131. The number of hydrogen-bond donors (Lipinski definition) is 1. The second-order valence-electron chi connectivity index (χ2n) is 3.97. The van der Waals surface area contributed by atoms with Gasteiger partial charge in [0.05, 0.1) is 16.5 Å². The molecule has 6 heteroatoms.